The monoisotopic (exact) mass is 858 g/mol. The summed E-state index contributed by atoms with van der Waals surface area (Å²) in [5.41, 5.74) is -1.61. The molecule has 0 radical (unpaired) electrons. The van der Waals surface area contributed by atoms with Crippen LogP contribution < -0.4 is 29.6 Å². The van der Waals surface area contributed by atoms with Gasteiger partial charge >= 0.3 is 11.9 Å². The van der Waals surface area contributed by atoms with Crippen LogP contribution in [0.15, 0.2) is 49.6 Å². The molecule has 2 amide bonds. The molecule has 19 heteroatoms. The second-order valence-electron chi connectivity index (χ2n) is 15.0. The fourth-order valence-corrected chi connectivity index (χ4v) is 5.79. The standard InChI is InChI=1S/C42H58N4O15/c1-11-39(49)60-27(3)29-23-33(55-9)35(25-31(29)45(51)52)57-20-13-15-37(47)43-19-17-42(7,8)59-22-18-41(5,6)44-38(48)16-14-21-58-36-26-32(46(53)54)30(24-34(36)56-10)28(4)61-40(50)12-2/h11-12,23-28H,1-2,13-22H2,3-10H3,(H,43,47)(H,44,48). The fraction of sp³-hybridized carbons (Fsp3) is 0.524. The average Bonchev–Trinajstić information content (AvgIpc) is 3.19. The Hall–Kier alpha value is -6.24. The predicted octanol–water partition coefficient (Wildman–Crippen LogP) is 6.71. The highest BCUT2D eigenvalue weighted by Crippen LogP contribution is 2.40. The number of nitro groups is 2. The van der Waals surface area contributed by atoms with Gasteiger partial charge in [0.1, 0.15) is 12.2 Å². The Morgan fingerprint density at radius 1 is 0.705 bits per heavy atom. The maximum Gasteiger partial charge on any atom is 0.330 e. The first-order valence-electron chi connectivity index (χ1n) is 19.5. The molecule has 2 atom stereocenters. The summed E-state index contributed by atoms with van der Waals surface area (Å²) in [6.45, 7) is 18.0. The fourth-order valence-electron chi connectivity index (χ4n) is 5.79. The van der Waals surface area contributed by atoms with E-state index in [2.05, 4.69) is 23.8 Å². The molecule has 2 aromatic rings. The minimum atomic E-state index is -0.952. The third kappa shape index (κ3) is 17.1. The van der Waals surface area contributed by atoms with Crippen molar-refractivity contribution in [2.45, 2.75) is 103 Å². The van der Waals surface area contributed by atoms with Gasteiger partial charge in [-0.1, -0.05) is 13.2 Å². The quantitative estimate of drug-likeness (QED) is 0.0297. The molecule has 0 aromatic heterocycles. The number of esters is 2. The normalized spacial score (nSPS) is 12.2. The van der Waals surface area contributed by atoms with Gasteiger partial charge < -0.3 is 43.8 Å². The topological polar surface area (TPSA) is 243 Å². The highest BCUT2D eigenvalue weighted by Gasteiger charge is 2.28. The Balaban J connectivity index is 1.76. The highest BCUT2D eigenvalue weighted by molar-refractivity contribution is 5.82. The predicted molar refractivity (Wildman–Crippen MR) is 223 cm³/mol. The van der Waals surface area contributed by atoms with E-state index in [1.807, 2.05) is 27.7 Å². The van der Waals surface area contributed by atoms with Crippen LogP contribution in [0, 0.1) is 20.2 Å². The summed E-state index contributed by atoms with van der Waals surface area (Å²) >= 11 is 0. The number of rotatable bonds is 28. The smallest absolute Gasteiger partial charge is 0.330 e. The Bertz CT molecular complexity index is 1900. The first kappa shape index (κ1) is 50.9. The molecule has 2 aromatic carbocycles. The van der Waals surface area contributed by atoms with Crippen LogP contribution in [0.1, 0.15) is 103 Å². The molecule has 0 bridgehead atoms. The van der Waals surface area contributed by atoms with E-state index in [-0.39, 0.29) is 83.4 Å². The number of nitrogens with zero attached hydrogens (tertiary/aromatic N) is 2. The molecule has 0 aliphatic rings. The lowest BCUT2D eigenvalue weighted by atomic mass is 10.00. The van der Waals surface area contributed by atoms with Crippen LogP contribution in [-0.2, 0) is 33.4 Å². The van der Waals surface area contributed by atoms with Crippen LogP contribution in [0.3, 0.4) is 0 Å². The van der Waals surface area contributed by atoms with Gasteiger partial charge in [0, 0.05) is 43.7 Å². The van der Waals surface area contributed by atoms with Crippen molar-refractivity contribution >= 4 is 35.1 Å². The van der Waals surface area contributed by atoms with Gasteiger partial charge in [-0.3, -0.25) is 29.8 Å². The van der Waals surface area contributed by atoms with Crippen LogP contribution in [0.4, 0.5) is 11.4 Å². The summed E-state index contributed by atoms with van der Waals surface area (Å²) in [6.07, 6.45) is 1.90. The van der Waals surface area contributed by atoms with Crippen molar-refractivity contribution in [3.05, 3.63) is 80.9 Å². The second-order valence-corrected chi connectivity index (χ2v) is 15.0. The number of benzene rings is 2. The van der Waals surface area contributed by atoms with E-state index in [1.54, 1.807) is 0 Å². The molecular weight excluding hydrogens is 800 g/mol. The number of carbonyl (C=O) groups excluding carboxylic acids is 4. The molecule has 0 spiro atoms. The Morgan fingerprint density at radius 3 is 1.56 bits per heavy atom. The van der Waals surface area contributed by atoms with Gasteiger partial charge in [0.2, 0.25) is 11.8 Å². The zero-order chi connectivity index (χ0) is 45.9. The Kier molecular flexibility index (Phi) is 20.1. The maximum atomic E-state index is 12.8. The van der Waals surface area contributed by atoms with Crippen LogP contribution in [0.25, 0.3) is 0 Å². The van der Waals surface area contributed by atoms with Gasteiger partial charge in [0.05, 0.1) is 66.1 Å². The third-order valence-electron chi connectivity index (χ3n) is 9.17. The lowest BCUT2D eigenvalue weighted by Crippen LogP contribution is -2.45. The number of carbonyl (C=O) groups is 4. The molecule has 0 heterocycles. The molecule has 61 heavy (non-hydrogen) atoms. The summed E-state index contributed by atoms with van der Waals surface area (Å²) in [4.78, 5) is 70.9. The van der Waals surface area contributed by atoms with Crippen molar-refractivity contribution in [1.82, 2.24) is 10.6 Å². The number of nitrogens with one attached hydrogen (secondary N) is 2. The zero-order valence-electron chi connectivity index (χ0n) is 36.1. The SMILES string of the molecule is C=CC(=O)OC(C)c1cc(OC)c(OCCCC(=O)NCCC(C)(C)OCCC(C)(C)NC(=O)CCCOc2cc([N+](=O)[O-])c(C(C)OC(=O)C=C)cc2OC)cc1[N+](=O)[O-]. The van der Waals surface area contributed by atoms with Crippen molar-refractivity contribution in [2.75, 3.05) is 40.6 Å². The average molecular weight is 859 g/mol. The lowest BCUT2D eigenvalue weighted by molar-refractivity contribution is -0.386. The summed E-state index contributed by atoms with van der Waals surface area (Å²) in [5, 5.41) is 29.4. The van der Waals surface area contributed by atoms with Gasteiger partial charge in [-0.2, -0.15) is 0 Å². The summed E-state index contributed by atoms with van der Waals surface area (Å²) < 4.78 is 38.5. The molecule has 2 rings (SSSR count). The molecule has 336 valence electrons. The van der Waals surface area contributed by atoms with Gasteiger partial charge in [0.15, 0.2) is 23.0 Å². The van der Waals surface area contributed by atoms with E-state index >= 15 is 0 Å². The van der Waals surface area contributed by atoms with Gasteiger partial charge in [-0.15, -0.1) is 0 Å². The van der Waals surface area contributed by atoms with Crippen LogP contribution in [0.2, 0.25) is 0 Å². The van der Waals surface area contributed by atoms with Crippen LogP contribution in [-0.4, -0.2) is 85.3 Å². The highest BCUT2D eigenvalue weighted by atomic mass is 16.6. The van der Waals surface area contributed by atoms with E-state index in [4.69, 9.17) is 33.2 Å². The lowest BCUT2D eigenvalue weighted by Gasteiger charge is -2.30. The minimum Gasteiger partial charge on any atom is -0.493 e. The molecular formula is C42H58N4O15. The van der Waals surface area contributed by atoms with Crippen LogP contribution in [0.5, 0.6) is 23.0 Å². The summed E-state index contributed by atoms with van der Waals surface area (Å²) in [6, 6.07) is 5.14. The molecule has 0 saturated heterocycles. The van der Waals surface area contributed by atoms with Gasteiger partial charge in [-0.05, 0) is 79.4 Å². The van der Waals surface area contributed by atoms with Crippen molar-refractivity contribution in [2.24, 2.45) is 0 Å². The zero-order valence-corrected chi connectivity index (χ0v) is 36.1. The Morgan fingerprint density at radius 2 is 1.15 bits per heavy atom. The van der Waals surface area contributed by atoms with Gasteiger partial charge in [-0.25, -0.2) is 9.59 Å². The van der Waals surface area contributed by atoms with E-state index in [9.17, 15) is 39.4 Å². The third-order valence-corrected chi connectivity index (χ3v) is 9.17. The molecule has 2 N–H and O–H groups in total. The van der Waals surface area contributed by atoms with Crippen LogP contribution >= 0.6 is 0 Å². The molecule has 0 aliphatic carbocycles. The number of ether oxygens (including phenoxy) is 7. The first-order chi connectivity index (χ1) is 28.7. The summed E-state index contributed by atoms with van der Waals surface area (Å²) in [5.74, 6) is -1.30. The number of amides is 2. The van der Waals surface area contributed by atoms with E-state index in [0.717, 1.165) is 12.2 Å². The van der Waals surface area contributed by atoms with E-state index < -0.39 is 45.1 Å². The summed E-state index contributed by atoms with van der Waals surface area (Å²) in [7, 11) is 2.74. The molecule has 0 saturated carbocycles. The number of hydrogen-bond donors (Lipinski definition) is 2. The Labute approximate surface area is 355 Å². The molecule has 0 fully saturated rings. The number of nitro benzene ring substituents is 2. The maximum absolute atomic E-state index is 12.8. The molecule has 19 nitrogen and oxygen atoms in total. The van der Waals surface area contributed by atoms with Crippen molar-refractivity contribution in [3.8, 4) is 23.0 Å². The molecule has 0 aliphatic heterocycles. The van der Waals surface area contributed by atoms with E-state index in [0.29, 0.717) is 38.8 Å². The van der Waals surface area contributed by atoms with Crippen molar-refractivity contribution in [1.29, 1.82) is 0 Å². The van der Waals surface area contributed by atoms with Crippen molar-refractivity contribution < 1.29 is 62.2 Å². The molecule has 2 unspecified atom stereocenters. The number of methoxy groups -OCH3 is 2. The first-order valence-corrected chi connectivity index (χ1v) is 19.5. The van der Waals surface area contributed by atoms with Gasteiger partial charge in [0.25, 0.3) is 11.4 Å². The van der Waals surface area contributed by atoms with E-state index in [1.165, 1.54) is 52.3 Å². The minimum absolute atomic E-state index is 0.0678. The number of hydrogen-bond acceptors (Lipinski definition) is 15. The van der Waals surface area contributed by atoms with Crippen molar-refractivity contribution in [3.63, 3.8) is 0 Å². The largest absolute Gasteiger partial charge is 0.493 e. The second kappa shape index (κ2) is 24.1.